The van der Waals surface area contributed by atoms with Gasteiger partial charge < -0.3 is 10.1 Å². The van der Waals surface area contributed by atoms with Crippen LogP contribution in [0.1, 0.15) is 40.9 Å². The second-order valence-corrected chi connectivity index (χ2v) is 7.52. The lowest BCUT2D eigenvalue weighted by Crippen LogP contribution is -2.31. The molecule has 2 aromatic rings. The Hall–Kier alpha value is -2.18. The third kappa shape index (κ3) is 6.61. The number of hydrogen-bond acceptors (Lipinski definition) is 5. The Labute approximate surface area is 161 Å². The summed E-state index contributed by atoms with van der Waals surface area (Å²) < 4.78 is 5.43. The van der Waals surface area contributed by atoms with Crippen LogP contribution in [0.5, 0.6) is 0 Å². The van der Waals surface area contributed by atoms with Crippen LogP contribution >= 0.6 is 22.9 Å². The highest BCUT2D eigenvalue weighted by Gasteiger charge is 2.14. The molecule has 2 rings (SSSR count). The number of ketones is 1. The highest BCUT2D eigenvalue weighted by atomic mass is 35.5. The standard InChI is InChI=1S/C19H20ClNO4S/c1-13(14-5-3-2-4-6-14)11-21-18(23)12-25-19(24)10-7-15(22)16-8-9-17(20)26-16/h2-6,8-9,13H,7,10-12H2,1H3,(H,21,23)/t13-/m0/s1. The molecule has 0 bridgehead atoms. The number of amides is 1. The molecule has 1 atom stereocenters. The van der Waals surface area contributed by atoms with E-state index in [9.17, 15) is 14.4 Å². The topological polar surface area (TPSA) is 72.5 Å². The maximum absolute atomic E-state index is 11.9. The molecular weight excluding hydrogens is 374 g/mol. The first-order chi connectivity index (χ1) is 12.5. The van der Waals surface area contributed by atoms with Gasteiger partial charge in [0, 0.05) is 13.0 Å². The van der Waals surface area contributed by atoms with Crippen molar-refractivity contribution in [3.05, 3.63) is 57.2 Å². The zero-order valence-electron chi connectivity index (χ0n) is 14.4. The van der Waals surface area contributed by atoms with Crippen LogP contribution in [0, 0.1) is 0 Å². The third-order valence-electron chi connectivity index (χ3n) is 3.74. The highest BCUT2D eigenvalue weighted by Crippen LogP contribution is 2.22. The molecule has 7 heteroatoms. The smallest absolute Gasteiger partial charge is 0.306 e. The number of carbonyl (C=O) groups excluding carboxylic acids is 3. The van der Waals surface area contributed by atoms with Crippen molar-refractivity contribution >= 4 is 40.6 Å². The SMILES string of the molecule is C[C@@H](CNC(=O)COC(=O)CCC(=O)c1ccc(Cl)s1)c1ccccc1. The van der Waals surface area contributed by atoms with Gasteiger partial charge in [-0.15, -0.1) is 11.3 Å². The van der Waals surface area contributed by atoms with E-state index >= 15 is 0 Å². The molecule has 1 heterocycles. The summed E-state index contributed by atoms with van der Waals surface area (Å²) in [6, 6.07) is 13.1. The van der Waals surface area contributed by atoms with E-state index in [0.717, 1.165) is 5.56 Å². The van der Waals surface area contributed by atoms with E-state index in [1.807, 2.05) is 37.3 Å². The molecule has 0 fully saturated rings. The number of ether oxygens (including phenoxy) is 1. The van der Waals surface area contributed by atoms with E-state index in [2.05, 4.69) is 5.32 Å². The van der Waals surface area contributed by atoms with Crippen molar-refractivity contribution in [2.45, 2.75) is 25.7 Å². The quantitative estimate of drug-likeness (QED) is 0.519. The molecule has 0 saturated carbocycles. The van der Waals surface area contributed by atoms with Gasteiger partial charge in [0.05, 0.1) is 15.6 Å². The molecule has 1 aromatic carbocycles. The predicted molar refractivity (Wildman–Crippen MR) is 102 cm³/mol. The van der Waals surface area contributed by atoms with Crippen LogP contribution in [-0.4, -0.2) is 30.8 Å². The fourth-order valence-corrected chi connectivity index (χ4v) is 3.25. The molecule has 1 N–H and O–H groups in total. The molecule has 0 spiro atoms. The minimum Gasteiger partial charge on any atom is -0.456 e. The lowest BCUT2D eigenvalue weighted by Gasteiger charge is -2.13. The molecule has 0 saturated heterocycles. The van der Waals surface area contributed by atoms with Crippen molar-refractivity contribution < 1.29 is 19.1 Å². The van der Waals surface area contributed by atoms with Gasteiger partial charge in [0.2, 0.25) is 0 Å². The maximum atomic E-state index is 11.9. The second-order valence-electron chi connectivity index (χ2n) is 5.80. The Bertz CT molecular complexity index is 760. The Kier molecular flexibility index (Phi) is 7.81. The normalized spacial score (nSPS) is 11.6. The maximum Gasteiger partial charge on any atom is 0.306 e. The van der Waals surface area contributed by atoms with Crippen molar-refractivity contribution in [3.8, 4) is 0 Å². The zero-order chi connectivity index (χ0) is 18.9. The Morgan fingerprint density at radius 2 is 1.85 bits per heavy atom. The van der Waals surface area contributed by atoms with E-state index in [1.165, 1.54) is 11.3 Å². The van der Waals surface area contributed by atoms with Crippen LogP contribution in [0.25, 0.3) is 0 Å². The summed E-state index contributed by atoms with van der Waals surface area (Å²) in [4.78, 5) is 35.8. The van der Waals surface area contributed by atoms with Crippen LogP contribution in [-0.2, 0) is 14.3 Å². The molecule has 26 heavy (non-hydrogen) atoms. The molecular formula is C19H20ClNO4S. The lowest BCUT2D eigenvalue weighted by atomic mass is 10.0. The van der Waals surface area contributed by atoms with E-state index in [0.29, 0.717) is 15.8 Å². The molecule has 0 radical (unpaired) electrons. The molecule has 5 nitrogen and oxygen atoms in total. The van der Waals surface area contributed by atoms with Gasteiger partial charge in [0.15, 0.2) is 12.4 Å². The fraction of sp³-hybridized carbons (Fsp3) is 0.316. The van der Waals surface area contributed by atoms with Gasteiger partial charge in [-0.3, -0.25) is 14.4 Å². The van der Waals surface area contributed by atoms with Gasteiger partial charge in [-0.25, -0.2) is 0 Å². The summed E-state index contributed by atoms with van der Waals surface area (Å²) >= 11 is 6.95. The number of nitrogens with one attached hydrogen (secondary N) is 1. The van der Waals surface area contributed by atoms with E-state index in [1.54, 1.807) is 12.1 Å². The number of thiophene rings is 1. The monoisotopic (exact) mass is 393 g/mol. The average molecular weight is 394 g/mol. The van der Waals surface area contributed by atoms with Crippen LogP contribution in [0.2, 0.25) is 4.34 Å². The number of benzene rings is 1. The number of rotatable bonds is 9. The van der Waals surface area contributed by atoms with Gasteiger partial charge in [0.1, 0.15) is 0 Å². The van der Waals surface area contributed by atoms with Crippen LogP contribution in [0.15, 0.2) is 42.5 Å². The molecule has 138 valence electrons. The van der Waals surface area contributed by atoms with Crippen molar-refractivity contribution in [3.63, 3.8) is 0 Å². The summed E-state index contributed by atoms with van der Waals surface area (Å²) in [5.74, 6) is -0.948. The van der Waals surface area contributed by atoms with Gasteiger partial charge >= 0.3 is 5.97 Å². The van der Waals surface area contributed by atoms with Crippen molar-refractivity contribution in [1.82, 2.24) is 5.32 Å². The average Bonchev–Trinajstić information content (AvgIpc) is 3.09. The number of halogens is 1. The van der Waals surface area contributed by atoms with E-state index in [4.69, 9.17) is 16.3 Å². The lowest BCUT2D eigenvalue weighted by molar-refractivity contribution is -0.148. The molecule has 0 aliphatic carbocycles. The predicted octanol–water partition coefficient (Wildman–Crippen LogP) is 3.83. The number of hydrogen-bond donors (Lipinski definition) is 1. The summed E-state index contributed by atoms with van der Waals surface area (Å²) in [5.41, 5.74) is 1.12. The van der Waals surface area contributed by atoms with E-state index < -0.39 is 5.97 Å². The van der Waals surface area contributed by atoms with Gasteiger partial charge in [-0.2, -0.15) is 0 Å². The fourth-order valence-electron chi connectivity index (χ4n) is 2.24. The summed E-state index contributed by atoms with van der Waals surface area (Å²) in [6.45, 7) is 2.11. The largest absolute Gasteiger partial charge is 0.456 e. The number of Topliss-reactive ketones (excluding diaryl/α,β-unsaturated/α-hetero) is 1. The summed E-state index contributed by atoms with van der Waals surface area (Å²) in [5, 5.41) is 2.73. The van der Waals surface area contributed by atoms with Crippen molar-refractivity contribution in [1.29, 1.82) is 0 Å². The second kappa shape index (κ2) is 10.1. The molecule has 0 aliphatic rings. The van der Waals surface area contributed by atoms with Crippen LogP contribution in [0.3, 0.4) is 0 Å². The molecule has 0 aliphatic heterocycles. The molecule has 1 amide bonds. The highest BCUT2D eigenvalue weighted by molar-refractivity contribution is 7.18. The minimum atomic E-state index is -0.577. The van der Waals surface area contributed by atoms with Gasteiger partial charge in [0.25, 0.3) is 5.91 Å². The van der Waals surface area contributed by atoms with Crippen LogP contribution in [0.4, 0.5) is 0 Å². The van der Waals surface area contributed by atoms with E-state index in [-0.39, 0.29) is 37.1 Å². The zero-order valence-corrected chi connectivity index (χ0v) is 15.9. The van der Waals surface area contributed by atoms with Gasteiger partial charge in [-0.05, 0) is 23.6 Å². The first-order valence-electron chi connectivity index (χ1n) is 8.21. The van der Waals surface area contributed by atoms with Crippen LogP contribution < -0.4 is 5.32 Å². The number of carbonyl (C=O) groups is 3. The molecule has 1 aromatic heterocycles. The third-order valence-corrected chi connectivity index (χ3v) is 5.01. The molecule has 0 unspecified atom stereocenters. The first kappa shape index (κ1) is 20.1. The minimum absolute atomic E-state index is 0.0301. The Balaban J connectivity index is 1.64. The Morgan fingerprint density at radius 3 is 2.50 bits per heavy atom. The summed E-state index contributed by atoms with van der Waals surface area (Å²) in [7, 11) is 0. The van der Waals surface area contributed by atoms with Crippen molar-refractivity contribution in [2.24, 2.45) is 0 Å². The number of esters is 1. The first-order valence-corrected chi connectivity index (χ1v) is 9.41. The Morgan fingerprint density at radius 1 is 1.12 bits per heavy atom. The van der Waals surface area contributed by atoms with Crippen molar-refractivity contribution in [2.75, 3.05) is 13.2 Å². The van der Waals surface area contributed by atoms with Gasteiger partial charge in [-0.1, -0.05) is 48.9 Å². The summed E-state index contributed by atoms with van der Waals surface area (Å²) in [6.07, 6.45) is -0.0373.